The van der Waals surface area contributed by atoms with Gasteiger partial charge >= 0.3 is 11.8 Å². The highest BCUT2D eigenvalue weighted by Gasteiger charge is 2.26. The summed E-state index contributed by atoms with van der Waals surface area (Å²) < 4.78 is 1.69. The Morgan fingerprint density at radius 1 is 1.04 bits per heavy atom. The Bertz CT molecular complexity index is 973. The zero-order valence-electron chi connectivity index (χ0n) is 14.4. The fraction of sp³-hybridized carbons (Fsp3) is 0.158. The second kappa shape index (κ2) is 7.63. The van der Waals surface area contributed by atoms with Gasteiger partial charge in [-0.1, -0.05) is 24.3 Å². The molecular weight excluding hydrogens is 362 g/mol. The first-order valence-electron chi connectivity index (χ1n) is 8.45. The van der Waals surface area contributed by atoms with Crippen molar-refractivity contribution in [3.8, 4) is 5.69 Å². The molecule has 0 unspecified atom stereocenters. The molecule has 1 aliphatic heterocycles. The van der Waals surface area contributed by atoms with Gasteiger partial charge in [0.25, 0.3) is 0 Å². The van der Waals surface area contributed by atoms with Crippen molar-refractivity contribution in [1.82, 2.24) is 20.1 Å². The first kappa shape index (κ1) is 17.3. The van der Waals surface area contributed by atoms with Gasteiger partial charge in [-0.15, -0.1) is 0 Å². The fourth-order valence-electron chi connectivity index (χ4n) is 2.82. The van der Waals surface area contributed by atoms with E-state index in [1.165, 1.54) is 0 Å². The van der Waals surface area contributed by atoms with Crippen molar-refractivity contribution in [2.24, 2.45) is 0 Å². The van der Waals surface area contributed by atoms with Crippen LogP contribution in [0.4, 0.5) is 5.82 Å². The molecule has 0 aliphatic carbocycles. The Balaban J connectivity index is 1.52. The Morgan fingerprint density at radius 3 is 2.63 bits per heavy atom. The number of anilines is 1. The largest absolute Gasteiger partial charge is 0.342 e. The lowest BCUT2D eigenvalue weighted by Crippen LogP contribution is -2.35. The minimum atomic E-state index is -0.720. The average molecular weight is 379 g/mol. The first-order chi connectivity index (χ1) is 13.2. The third kappa shape index (κ3) is 3.70. The molecule has 8 heteroatoms. The van der Waals surface area contributed by atoms with Gasteiger partial charge in [-0.2, -0.15) is 16.9 Å². The van der Waals surface area contributed by atoms with Crippen molar-refractivity contribution in [3.63, 3.8) is 0 Å². The van der Waals surface area contributed by atoms with Crippen LogP contribution in [0.3, 0.4) is 0 Å². The van der Waals surface area contributed by atoms with Gasteiger partial charge in [-0.3, -0.25) is 14.6 Å². The molecule has 1 aromatic carbocycles. The predicted molar refractivity (Wildman–Crippen MR) is 103 cm³/mol. The van der Waals surface area contributed by atoms with Crippen LogP contribution in [0.25, 0.3) is 5.69 Å². The average Bonchev–Trinajstić information content (AvgIpc) is 3.30. The number of nitrogens with zero attached hydrogens (tertiary/aromatic N) is 3. The summed E-state index contributed by atoms with van der Waals surface area (Å²) in [5.74, 6) is 0.680. The normalized spacial score (nSPS) is 12.4. The molecule has 0 spiro atoms. The van der Waals surface area contributed by atoms with E-state index in [1.807, 2.05) is 36.4 Å². The summed E-state index contributed by atoms with van der Waals surface area (Å²) in [5.41, 5.74) is 3.43. The maximum atomic E-state index is 12.4. The summed E-state index contributed by atoms with van der Waals surface area (Å²) in [7, 11) is 0. The van der Waals surface area contributed by atoms with Crippen LogP contribution in [0.2, 0.25) is 0 Å². The highest BCUT2D eigenvalue weighted by Crippen LogP contribution is 2.35. The summed E-state index contributed by atoms with van der Waals surface area (Å²) in [4.78, 5) is 28.8. The number of carbonyl (C=O) groups is 2. The number of aromatic nitrogens is 3. The number of para-hydroxylation sites is 1. The zero-order valence-corrected chi connectivity index (χ0v) is 15.2. The number of benzene rings is 1. The van der Waals surface area contributed by atoms with Gasteiger partial charge in [-0.25, -0.2) is 4.68 Å². The van der Waals surface area contributed by atoms with E-state index in [0.29, 0.717) is 11.5 Å². The van der Waals surface area contributed by atoms with Gasteiger partial charge in [0, 0.05) is 23.3 Å². The second-order valence-electron chi connectivity index (χ2n) is 5.97. The molecule has 0 bridgehead atoms. The van der Waals surface area contributed by atoms with Crippen LogP contribution in [-0.2, 0) is 27.6 Å². The SMILES string of the molecule is O=C(NCc1ccccn1)C(=O)Nc1c2c(nn1-c1ccccc1)CSC2. The molecule has 2 N–H and O–H groups in total. The van der Waals surface area contributed by atoms with Gasteiger partial charge in [0.15, 0.2) is 0 Å². The number of carbonyl (C=O) groups excluding carboxylic acids is 2. The molecule has 0 saturated heterocycles. The van der Waals surface area contributed by atoms with Crippen LogP contribution < -0.4 is 10.6 Å². The van der Waals surface area contributed by atoms with Crippen LogP contribution in [0.5, 0.6) is 0 Å². The molecule has 1 aliphatic rings. The van der Waals surface area contributed by atoms with Crippen LogP contribution in [0, 0.1) is 0 Å². The minimum absolute atomic E-state index is 0.193. The minimum Gasteiger partial charge on any atom is -0.342 e. The fourth-order valence-corrected chi connectivity index (χ4v) is 3.85. The van der Waals surface area contributed by atoms with Gasteiger partial charge in [0.1, 0.15) is 5.82 Å². The highest BCUT2D eigenvalue weighted by molar-refractivity contribution is 7.98. The van der Waals surface area contributed by atoms with E-state index in [2.05, 4.69) is 20.7 Å². The van der Waals surface area contributed by atoms with E-state index < -0.39 is 11.8 Å². The lowest BCUT2D eigenvalue weighted by Gasteiger charge is -2.11. The smallest absolute Gasteiger partial charge is 0.314 e. The van der Waals surface area contributed by atoms with E-state index in [0.717, 1.165) is 28.5 Å². The molecule has 2 amide bonds. The first-order valence-corrected chi connectivity index (χ1v) is 9.61. The summed E-state index contributed by atoms with van der Waals surface area (Å²) in [6.07, 6.45) is 1.64. The summed E-state index contributed by atoms with van der Waals surface area (Å²) in [5, 5.41) is 9.94. The molecule has 0 radical (unpaired) electrons. The van der Waals surface area contributed by atoms with Gasteiger partial charge in [-0.05, 0) is 24.3 Å². The Morgan fingerprint density at radius 2 is 1.85 bits per heavy atom. The molecule has 4 rings (SSSR count). The third-order valence-corrected chi connectivity index (χ3v) is 5.12. The lowest BCUT2D eigenvalue weighted by atomic mass is 10.2. The molecule has 27 heavy (non-hydrogen) atoms. The number of thioether (sulfide) groups is 1. The molecule has 0 fully saturated rings. The van der Waals surface area contributed by atoms with Crippen molar-refractivity contribution in [2.75, 3.05) is 5.32 Å². The molecule has 3 heterocycles. The van der Waals surface area contributed by atoms with Crippen LogP contribution >= 0.6 is 11.8 Å². The van der Waals surface area contributed by atoms with E-state index in [4.69, 9.17) is 0 Å². The van der Waals surface area contributed by atoms with Gasteiger partial charge in [0.2, 0.25) is 0 Å². The maximum absolute atomic E-state index is 12.4. The quantitative estimate of drug-likeness (QED) is 0.679. The highest BCUT2D eigenvalue weighted by atomic mass is 32.2. The Kier molecular flexibility index (Phi) is 4.88. The standard InChI is InChI=1S/C19H17N5O2S/c25-18(21-10-13-6-4-5-9-20-13)19(26)22-17-15-11-27-12-16(15)23-24(17)14-7-2-1-3-8-14/h1-9H,10-12H2,(H,21,25)(H,22,26). The van der Waals surface area contributed by atoms with E-state index in [-0.39, 0.29) is 6.54 Å². The maximum Gasteiger partial charge on any atom is 0.314 e. The van der Waals surface area contributed by atoms with E-state index in [9.17, 15) is 9.59 Å². The monoisotopic (exact) mass is 379 g/mol. The lowest BCUT2D eigenvalue weighted by molar-refractivity contribution is -0.136. The van der Waals surface area contributed by atoms with Crippen molar-refractivity contribution < 1.29 is 9.59 Å². The topological polar surface area (TPSA) is 88.9 Å². The van der Waals surface area contributed by atoms with Crippen molar-refractivity contribution in [3.05, 3.63) is 71.7 Å². The number of hydrogen-bond donors (Lipinski definition) is 2. The molecule has 0 saturated carbocycles. The van der Waals surface area contributed by atoms with Crippen molar-refractivity contribution >= 4 is 29.4 Å². The predicted octanol–water partition coefficient (Wildman–Crippen LogP) is 2.27. The molecule has 136 valence electrons. The Hall–Kier alpha value is -3.13. The summed E-state index contributed by atoms with van der Waals surface area (Å²) >= 11 is 1.73. The Labute approximate surface area is 160 Å². The molecular formula is C19H17N5O2S. The van der Waals surface area contributed by atoms with E-state index >= 15 is 0 Å². The zero-order chi connectivity index (χ0) is 18.6. The number of hydrogen-bond acceptors (Lipinski definition) is 5. The number of nitrogens with one attached hydrogen (secondary N) is 2. The van der Waals surface area contributed by atoms with Crippen LogP contribution in [0.15, 0.2) is 54.7 Å². The van der Waals surface area contributed by atoms with Gasteiger partial charge < -0.3 is 10.6 Å². The molecule has 7 nitrogen and oxygen atoms in total. The second-order valence-corrected chi connectivity index (χ2v) is 6.96. The number of amides is 2. The molecule has 2 aromatic heterocycles. The number of pyridine rings is 1. The third-order valence-electron chi connectivity index (χ3n) is 4.15. The van der Waals surface area contributed by atoms with Crippen LogP contribution in [-0.4, -0.2) is 26.6 Å². The molecule has 3 aromatic rings. The summed E-state index contributed by atoms with van der Waals surface area (Å²) in [6, 6.07) is 14.9. The van der Waals surface area contributed by atoms with Crippen LogP contribution in [0.1, 0.15) is 17.0 Å². The summed E-state index contributed by atoms with van der Waals surface area (Å²) in [6.45, 7) is 0.193. The van der Waals surface area contributed by atoms with Crippen molar-refractivity contribution in [1.29, 1.82) is 0 Å². The van der Waals surface area contributed by atoms with Gasteiger partial charge in [0.05, 0.1) is 23.6 Å². The van der Waals surface area contributed by atoms with E-state index in [1.54, 1.807) is 34.8 Å². The van der Waals surface area contributed by atoms with Crippen molar-refractivity contribution in [2.45, 2.75) is 18.1 Å². The number of fused-ring (bicyclic) bond motifs is 1. The molecule has 0 atom stereocenters. The number of rotatable bonds is 4.